The molecule has 1 aromatic carbocycles. The molecule has 0 saturated heterocycles. The summed E-state index contributed by atoms with van der Waals surface area (Å²) < 4.78 is 11.7. The Morgan fingerprint density at radius 2 is 2.00 bits per heavy atom. The minimum atomic E-state index is -0.329. The number of benzene rings is 1. The molecule has 190 valence electrons. The van der Waals surface area contributed by atoms with Crippen LogP contribution < -0.4 is 9.47 Å². The second-order valence-corrected chi connectivity index (χ2v) is 9.49. The number of nitrogens with zero attached hydrogens (tertiary/aromatic N) is 4. The topological polar surface area (TPSA) is 88.0 Å². The number of likely N-dealkylation sites (N-methyl/N-ethyl adjacent to an activating group) is 1. The Labute approximate surface area is 212 Å². The number of hydrogen-bond acceptors (Lipinski definition) is 7. The molecule has 8 heteroatoms. The van der Waals surface area contributed by atoms with E-state index in [1.165, 1.54) is 0 Å². The molecule has 0 radical (unpaired) electrons. The molecular formula is C28H34N4O4. The zero-order chi connectivity index (χ0) is 25.7. The van der Waals surface area contributed by atoms with Crippen molar-refractivity contribution in [3.63, 3.8) is 0 Å². The van der Waals surface area contributed by atoms with Gasteiger partial charge in [0.15, 0.2) is 0 Å². The van der Waals surface area contributed by atoms with Crippen molar-refractivity contribution in [1.82, 2.24) is 19.8 Å². The van der Waals surface area contributed by atoms with E-state index in [2.05, 4.69) is 21.8 Å². The molecule has 1 N–H and O–H groups in total. The molecule has 4 rings (SSSR count). The van der Waals surface area contributed by atoms with Crippen molar-refractivity contribution in [2.24, 2.45) is 5.92 Å². The van der Waals surface area contributed by atoms with E-state index >= 15 is 0 Å². The summed E-state index contributed by atoms with van der Waals surface area (Å²) in [5.74, 6) is 0.908. The molecule has 0 spiro atoms. The van der Waals surface area contributed by atoms with Crippen LogP contribution in [-0.2, 0) is 6.54 Å². The fraction of sp³-hybridized carbons (Fsp3) is 0.393. The number of pyridine rings is 2. The van der Waals surface area contributed by atoms with Crippen molar-refractivity contribution in [2.45, 2.75) is 32.5 Å². The molecule has 1 aliphatic heterocycles. The van der Waals surface area contributed by atoms with Crippen LogP contribution in [0.25, 0.3) is 11.1 Å². The summed E-state index contributed by atoms with van der Waals surface area (Å²) in [7, 11) is 3.67. The van der Waals surface area contributed by atoms with Gasteiger partial charge in [-0.15, -0.1) is 0 Å². The summed E-state index contributed by atoms with van der Waals surface area (Å²) in [5.41, 5.74) is 3.25. The second kappa shape index (κ2) is 11.5. The van der Waals surface area contributed by atoms with Crippen molar-refractivity contribution in [3.8, 4) is 22.8 Å². The van der Waals surface area contributed by atoms with Crippen molar-refractivity contribution >= 4 is 5.91 Å². The highest BCUT2D eigenvalue weighted by atomic mass is 16.5. The zero-order valence-electron chi connectivity index (χ0n) is 21.3. The lowest BCUT2D eigenvalue weighted by molar-refractivity contribution is 0.0325. The third kappa shape index (κ3) is 5.83. The summed E-state index contributed by atoms with van der Waals surface area (Å²) in [6, 6.07) is 13.1. The number of ether oxygens (including phenoxy) is 2. The summed E-state index contributed by atoms with van der Waals surface area (Å²) in [5, 5.41) is 9.89. The molecule has 3 aromatic rings. The highest BCUT2D eigenvalue weighted by molar-refractivity contribution is 5.98. The van der Waals surface area contributed by atoms with Gasteiger partial charge >= 0.3 is 0 Å². The van der Waals surface area contributed by atoms with Gasteiger partial charge in [0, 0.05) is 49.7 Å². The van der Waals surface area contributed by atoms with E-state index in [-0.39, 0.29) is 30.6 Å². The average molecular weight is 491 g/mol. The number of hydrogen-bond donors (Lipinski definition) is 1. The van der Waals surface area contributed by atoms with Crippen LogP contribution in [0.1, 0.15) is 29.8 Å². The lowest BCUT2D eigenvalue weighted by Gasteiger charge is -2.37. The molecule has 0 saturated carbocycles. The molecule has 3 atom stereocenters. The smallest absolute Gasteiger partial charge is 0.259 e. The number of carbonyl (C=O) groups excluding carboxylic acids is 1. The fourth-order valence-electron chi connectivity index (χ4n) is 4.44. The molecule has 0 bridgehead atoms. The first-order valence-corrected chi connectivity index (χ1v) is 12.2. The van der Waals surface area contributed by atoms with E-state index in [9.17, 15) is 9.90 Å². The average Bonchev–Trinajstić information content (AvgIpc) is 2.90. The van der Waals surface area contributed by atoms with E-state index in [1.807, 2.05) is 62.6 Å². The lowest BCUT2D eigenvalue weighted by Crippen LogP contribution is -2.49. The highest BCUT2D eigenvalue weighted by Crippen LogP contribution is 2.31. The Balaban J connectivity index is 1.65. The summed E-state index contributed by atoms with van der Waals surface area (Å²) in [4.78, 5) is 26.4. The standard InChI is InChI=1S/C28H34N4O4/c1-19-15-32(20(2)18-33)28(34)25-12-23(22-7-9-24(35-4)10-8-22)14-30-27(25)36-26(19)17-31(3)16-21-6-5-11-29-13-21/h5-14,19-20,26,33H,15-18H2,1-4H3/t19-,20+,26-/m0/s1. The van der Waals surface area contributed by atoms with Crippen LogP contribution in [0.3, 0.4) is 0 Å². The van der Waals surface area contributed by atoms with Gasteiger partial charge in [0.1, 0.15) is 17.4 Å². The van der Waals surface area contributed by atoms with Gasteiger partial charge in [0.2, 0.25) is 5.88 Å². The third-order valence-corrected chi connectivity index (χ3v) is 6.61. The maximum atomic E-state index is 13.6. The SMILES string of the molecule is COc1ccc(-c2cnc3c(c2)C(=O)N([C@H](C)CO)C[C@H](C)[C@H](CN(C)Cc2cccnc2)O3)cc1. The van der Waals surface area contributed by atoms with Crippen molar-refractivity contribution in [2.75, 3.05) is 33.9 Å². The number of fused-ring (bicyclic) bond motifs is 1. The van der Waals surface area contributed by atoms with Crippen LogP contribution in [0, 0.1) is 5.92 Å². The number of methoxy groups -OCH3 is 1. The molecule has 8 nitrogen and oxygen atoms in total. The largest absolute Gasteiger partial charge is 0.497 e. The van der Waals surface area contributed by atoms with Crippen LogP contribution in [0.15, 0.2) is 61.1 Å². The minimum Gasteiger partial charge on any atom is -0.497 e. The lowest BCUT2D eigenvalue weighted by atomic mass is 9.99. The van der Waals surface area contributed by atoms with Crippen LogP contribution in [0.5, 0.6) is 11.6 Å². The third-order valence-electron chi connectivity index (χ3n) is 6.61. The van der Waals surface area contributed by atoms with Crippen LogP contribution >= 0.6 is 0 Å². The van der Waals surface area contributed by atoms with Crippen molar-refractivity contribution in [1.29, 1.82) is 0 Å². The van der Waals surface area contributed by atoms with E-state index in [4.69, 9.17) is 9.47 Å². The van der Waals surface area contributed by atoms with Gasteiger partial charge < -0.3 is 19.5 Å². The Morgan fingerprint density at radius 1 is 1.22 bits per heavy atom. The highest BCUT2D eigenvalue weighted by Gasteiger charge is 2.34. The molecule has 36 heavy (non-hydrogen) atoms. The van der Waals surface area contributed by atoms with E-state index in [1.54, 1.807) is 24.4 Å². The van der Waals surface area contributed by atoms with Gasteiger partial charge in [0.05, 0.1) is 19.8 Å². The van der Waals surface area contributed by atoms with Crippen LogP contribution in [0.2, 0.25) is 0 Å². The molecular weight excluding hydrogens is 456 g/mol. The summed E-state index contributed by atoms with van der Waals surface area (Å²) in [6.45, 7) is 5.66. The van der Waals surface area contributed by atoms with E-state index in [0.717, 1.165) is 29.0 Å². The van der Waals surface area contributed by atoms with E-state index < -0.39 is 0 Å². The first-order chi connectivity index (χ1) is 17.4. The normalized spacial score (nSPS) is 18.7. The maximum Gasteiger partial charge on any atom is 0.259 e. The van der Waals surface area contributed by atoms with Gasteiger partial charge in [-0.1, -0.05) is 25.1 Å². The molecule has 1 amide bonds. The van der Waals surface area contributed by atoms with Gasteiger partial charge in [-0.05, 0) is 49.4 Å². The molecule has 0 fully saturated rings. The van der Waals surface area contributed by atoms with Crippen LogP contribution in [0.4, 0.5) is 0 Å². The van der Waals surface area contributed by atoms with Gasteiger partial charge in [-0.25, -0.2) is 4.98 Å². The molecule has 2 aromatic heterocycles. The monoisotopic (exact) mass is 490 g/mol. The zero-order valence-corrected chi connectivity index (χ0v) is 21.3. The molecule has 3 heterocycles. The fourth-order valence-corrected chi connectivity index (χ4v) is 4.44. The van der Waals surface area contributed by atoms with E-state index in [0.29, 0.717) is 24.5 Å². The number of aliphatic hydroxyl groups excluding tert-OH is 1. The van der Waals surface area contributed by atoms with Crippen molar-refractivity contribution < 1.29 is 19.4 Å². The Bertz CT molecular complexity index is 1160. The quantitative estimate of drug-likeness (QED) is 0.517. The number of rotatable bonds is 8. The number of amides is 1. The summed E-state index contributed by atoms with van der Waals surface area (Å²) >= 11 is 0. The number of carbonyl (C=O) groups is 1. The van der Waals surface area contributed by atoms with Crippen molar-refractivity contribution in [3.05, 3.63) is 72.2 Å². The number of aliphatic hydroxyl groups is 1. The molecule has 0 unspecified atom stereocenters. The Kier molecular flexibility index (Phi) is 8.18. The Hall–Kier alpha value is -3.49. The maximum absolute atomic E-state index is 13.6. The van der Waals surface area contributed by atoms with Gasteiger partial charge in [0.25, 0.3) is 5.91 Å². The second-order valence-electron chi connectivity index (χ2n) is 9.49. The molecule has 1 aliphatic rings. The minimum absolute atomic E-state index is 0.0236. The first kappa shape index (κ1) is 25.6. The van der Waals surface area contributed by atoms with Gasteiger partial charge in [-0.3, -0.25) is 14.7 Å². The predicted molar refractivity (Wildman–Crippen MR) is 138 cm³/mol. The van der Waals surface area contributed by atoms with Crippen LogP contribution in [-0.4, -0.2) is 76.8 Å². The predicted octanol–water partition coefficient (Wildman–Crippen LogP) is 3.50. The summed E-state index contributed by atoms with van der Waals surface area (Å²) in [6.07, 6.45) is 5.16. The number of aromatic nitrogens is 2. The molecule has 0 aliphatic carbocycles. The Morgan fingerprint density at radius 3 is 2.67 bits per heavy atom. The van der Waals surface area contributed by atoms with Gasteiger partial charge in [-0.2, -0.15) is 0 Å². The first-order valence-electron chi connectivity index (χ1n) is 12.2.